The van der Waals surface area contributed by atoms with Gasteiger partial charge in [-0.05, 0) is 47.2 Å². The molecule has 0 aliphatic carbocycles. The molecule has 0 unspecified atom stereocenters. The second-order valence-corrected chi connectivity index (χ2v) is 8.82. The number of fused-ring (bicyclic) bond motifs is 1. The second-order valence-electron chi connectivity index (χ2n) is 7.98. The van der Waals surface area contributed by atoms with Crippen LogP contribution in [0.4, 0.5) is 4.39 Å². The molecular formula is C24H24Cl2FN3O3. The van der Waals surface area contributed by atoms with Crippen LogP contribution in [0.3, 0.4) is 0 Å². The van der Waals surface area contributed by atoms with E-state index in [1.54, 1.807) is 18.2 Å². The van der Waals surface area contributed by atoms with Crippen LogP contribution in [0.25, 0.3) is 10.8 Å². The molecule has 1 atom stereocenters. The van der Waals surface area contributed by atoms with E-state index in [0.717, 1.165) is 10.8 Å². The summed E-state index contributed by atoms with van der Waals surface area (Å²) < 4.78 is 18.9. The number of carbonyl (C=O) groups is 1. The lowest BCUT2D eigenvalue weighted by molar-refractivity contribution is 0.0316. The first-order chi connectivity index (χ1) is 15.9. The highest BCUT2D eigenvalue weighted by Crippen LogP contribution is 2.21. The molecule has 3 aromatic carbocycles. The number of aliphatic hydroxyl groups excluding tert-OH is 1. The van der Waals surface area contributed by atoms with E-state index in [0.29, 0.717) is 49.1 Å². The fourth-order valence-electron chi connectivity index (χ4n) is 3.72. The predicted molar refractivity (Wildman–Crippen MR) is 127 cm³/mol. The standard InChI is InChI=1S/C24H24Cl2FN3O3/c25-19-4-3-16-11-18(2-1-17(16)12-19)24(32)28-30-9-7-29(8-10-30)14-20(31)15-33-21-5-6-22(26)23(27)13-21/h1-6,11-13,20,31H,7-10,14-15H2,(H,28,32)/t20-/m0/s1. The van der Waals surface area contributed by atoms with Gasteiger partial charge in [-0.25, -0.2) is 9.40 Å². The molecule has 3 aromatic rings. The molecule has 0 bridgehead atoms. The number of rotatable bonds is 7. The van der Waals surface area contributed by atoms with Crippen LogP contribution in [0.5, 0.6) is 5.75 Å². The Morgan fingerprint density at radius 1 is 1.03 bits per heavy atom. The normalized spacial score (nSPS) is 16.0. The summed E-state index contributed by atoms with van der Waals surface area (Å²) in [7, 11) is 0. The van der Waals surface area contributed by atoms with Crippen molar-refractivity contribution in [3.8, 4) is 5.75 Å². The predicted octanol–water partition coefficient (Wildman–Crippen LogP) is 3.99. The van der Waals surface area contributed by atoms with E-state index in [1.807, 2.05) is 29.3 Å². The first-order valence-electron chi connectivity index (χ1n) is 10.6. The highest BCUT2D eigenvalue weighted by molar-refractivity contribution is 6.31. The number of hydrogen-bond donors (Lipinski definition) is 2. The maximum absolute atomic E-state index is 13.5. The number of piperazine rings is 1. The van der Waals surface area contributed by atoms with Crippen molar-refractivity contribution < 1.29 is 19.0 Å². The molecule has 4 rings (SSSR count). The Kier molecular flexibility index (Phi) is 7.67. The van der Waals surface area contributed by atoms with Gasteiger partial charge in [-0.1, -0.05) is 35.3 Å². The summed E-state index contributed by atoms with van der Waals surface area (Å²) in [6.45, 7) is 3.10. The number of nitrogens with zero attached hydrogens (tertiary/aromatic N) is 2. The minimum atomic E-state index is -0.726. The Hall–Kier alpha value is -2.42. The molecule has 1 saturated heterocycles. The van der Waals surface area contributed by atoms with Gasteiger partial charge in [0.25, 0.3) is 5.91 Å². The molecule has 174 valence electrons. The van der Waals surface area contributed by atoms with Crippen molar-refractivity contribution in [3.05, 3.63) is 76.0 Å². The molecule has 9 heteroatoms. The number of β-amino-alcohol motifs (C(OH)–C–C–N with tert-alkyl or cyclic N) is 1. The van der Waals surface area contributed by atoms with Crippen molar-refractivity contribution in [2.24, 2.45) is 0 Å². The lowest BCUT2D eigenvalue weighted by atomic mass is 10.1. The van der Waals surface area contributed by atoms with Gasteiger partial charge >= 0.3 is 0 Å². The van der Waals surface area contributed by atoms with E-state index in [2.05, 4.69) is 10.3 Å². The van der Waals surface area contributed by atoms with Crippen LogP contribution >= 0.6 is 23.2 Å². The first-order valence-corrected chi connectivity index (χ1v) is 11.4. The topological polar surface area (TPSA) is 65.0 Å². The summed E-state index contributed by atoms with van der Waals surface area (Å²) in [6.07, 6.45) is -0.726. The minimum absolute atomic E-state index is 0.0263. The molecule has 1 aliphatic heterocycles. The zero-order chi connectivity index (χ0) is 23.4. The zero-order valence-corrected chi connectivity index (χ0v) is 19.3. The summed E-state index contributed by atoms with van der Waals surface area (Å²) in [5.74, 6) is -0.404. The van der Waals surface area contributed by atoms with Crippen molar-refractivity contribution in [3.63, 3.8) is 0 Å². The number of hydrazine groups is 1. The van der Waals surface area contributed by atoms with Gasteiger partial charge in [-0.3, -0.25) is 15.1 Å². The van der Waals surface area contributed by atoms with Gasteiger partial charge in [0.1, 0.15) is 24.3 Å². The van der Waals surface area contributed by atoms with E-state index in [1.165, 1.54) is 12.1 Å². The average molecular weight is 492 g/mol. The molecule has 0 saturated carbocycles. The lowest BCUT2D eigenvalue weighted by Gasteiger charge is -2.35. The Labute approximate surface area is 201 Å². The number of ether oxygens (including phenoxy) is 1. The van der Waals surface area contributed by atoms with E-state index in [9.17, 15) is 14.3 Å². The van der Waals surface area contributed by atoms with Gasteiger partial charge in [0.05, 0.1) is 5.02 Å². The molecule has 33 heavy (non-hydrogen) atoms. The number of benzene rings is 3. The minimum Gasteiger partial charge on any atom is -0.491 e. The third-order valence-corrected chi connectivity index (χ3v) is 6.04. The number of carbonyl (C=O) groups excluding carboxylic acids is 1. The van der Waals surface area contributed by atoms with Gasteiger partial charge < -0.3 is 9.84 Å². The number of halogens is 3. The number of hydrogen-bond acceptors (Lipinski definition) is 5. The van der Waals surface area contributed by atoms with Gasteiger partial charge in [0.15, 0.2) is 0 Å². The molecule has 6 nitrogen and oxygen atoms in total. The van der Waals surface area contributed by atoms with Gasteiger partial charge in [0.2, 0.25) is 0 Å². The van der Waals surface area contributed by atoms with Crippen molar-refractivity contribution in [1.29, 1.82) is 0 Å². The van der Waals surface area contributed by atoms with Crippen LogP contribution in [-0.4, -0.2) is 66.4 Å². The largest absolute Gasteiger partial charge is 0.491 e. The summed E-state index contributed by atoms with van der Waals surface area (Å²) in [6, 6.07) is 15.3. The van der Waals surface area contributed by atoms with E-state index in [4.69, 9.17) is 27.9 Å². The molecule has 1 aliphatic rings. The molecule has 1 heterocycles. The molecule has 2 N–H and O–H groups in total. The van der Waals surface area contributed by atoms with E-state index < -0.39 is 11.9 Å². The third-order valence-electron chi connectivity index (χ3n) is 5.50. The molecule has 0 spiro atoms. The quantitative estimate of drug-likeness (QED) is 0.523. The monoisotopic (exact) mass is 491 g/mol. The fourth-order valence-corrected chi connectivity index (χ4v) is 4.02. The number of amides is 1. The Morgan fingerprint density at radius 3 is 2.52 bits per heavy atom. The second kappa shape index (κ2) is 10.7. The number of nitrogens with one attached hydrogen (secondary N) is 1. The van der Waals surface area contributed by atoms with Crippen molar-refractivity contribution in [1.82, 2.24) is 15.3 Å². The van der Waals surface area contributed by atoms with Crippen LogP contribution in [0.2, 0.25) is 10.0 Å². The highest BCUT2D eigenvalue weighted by atomic mass is 35.5. The fraction of sp³-hybridized carbons (Fsp3) is 0.292. The van der Waals surface area contributed by atoms with Gasteiger partial charge in [0, 0.05) is 49.4 Å². The van der Waals surface area contributed by atoms with Crippen LogP contribution in [-0.2, 0) is 0 Å². The van der Waals surface area contributed by atoms with Crippen molar-refractivity contribution in [2.45, 2.75) is 6.10 Å². The molecular weight excluding hydrogens is 468 g/mol. The maximum atomic E-state index is 13.5. The van der Waals surface area contributed by atoms with Crippen molar-refractivity contribution >= 4 is 39.9 Å². The smallest absolute Gasteiger partial charge is 0.265 e. The van der Waals surface area contributed by atoms with E-state index in [-0.39, 0.29) is 17.5 Å². The molecule has 0 radical (unpaired) electrons. The molecule has 0 aromatic heterocycles. The summed E-state index contributed by atoms with van der Waals surface area (Å²) >= 11 is 11.7. The highest BCUT2D eigenvalue weighted by Gasteiger charge is 2.21. The average Bonchev–Trinajstić information content (AvgIpc) is 2.80. The zero-order valence-electron chi connectivity index (χ0n) is 17.8. The maximum Gasteiger partial charge on any atom is 0.265 e. The number of aliphatic hydroxyl groups is 1. The van der Waals surface area contributed by atoms with Gasteiger partial charge in [-0.15, -0.1) is 0 Å². The first kappa shape index (κ1) is 23.7. The van der Waals surface area contributed by atoms with Crippen LogP contribution in [0.1, 0.15) is 10.4 Å². The Morgan fingerprint density at radius 2 is 1.76 bits per heavy atom. The van der Waals surface area contributed by atoms with Crippen LogP contribution < -0.4 is 10.2 Å². The van der Waals surface area contributed by atoms with Crippen LogP contribution in [0, 0.1) is 5.82 Å². The lowest BCUT2D eigenvalue weighted by Crippen LogP contribution is -2.54. The summed E-state index contributed by atoms with van der Waals surface area (Å²) in [5, 5.41) is 14.8. The van der Waals surface area contributed by atoms with Crippen molar-refractivity contribution in [2.75, 3.05) is 39.3 Å². The van der Waals surface area contributed by atoms with E-state index >= 15 is 0 Å². The SMILES string of the molecule is O=C(NN1CCN(C[C@H](O)COc2ccc(Cl)c(F)c2)CC1)c1ccc2cc(Cl)ccc2c1. The molecule has 1 fully saturated rings. The Balaban J connectivity index is 1.22. The van der Waals surface area contributed by atoms with Gasteiger partial charge in [-0.2, -0.15) is 0 Å². The summed E-state index contributed by atoms with van der Waals surface area (Å²) in [5.41, 5.74) is 3.53. The summed E-state index contributed by atoms with van der Waals surface area (Å²) in [4.78, 5) is 14.8. The van der Waals surface area contributed by atoms with Crippen LogP contribution in [0.15, 0.2) is 54.6 Å². The molecule has 1 amide bonds. The Bertz CT molecular complexity index is 1140. The third kappa shape index (κ3) is 6.34.